The fraction of sp³-hybridized carbons (Fsp3) is 0.368. The molecule has 0 atom stereocenters. The molecule has 6 nitrogen and oxygen atoms in total. The molecule has 0 bridgehead atoms. The third-order valence-electron chi connectivity index (χ3n) is 4.89. The Balaban J connectivity index is 1.43. The lowest BCUT2D eigenvalue weighted by atomic mass is 10.1. The third-order valence-corrected chi connectivity index (χ3v) is 5.96. The Morgan fingerprint density at radius 3 is 2.88 bits per heavy atom. The number of aryl methyl sites for hydroxylation is 1. The number of carbonyl (C=O) groups is 1. The lowest BCUT2D eigenvalue weighted by Crippen LogP contribution is -2.43. The van der Waals surface area contributed by atoms with Gasteiger partial charge in [0.15, 0.2) is 0 Å². The highest BCUT2D eigenvalue weighted by Gasteiger charge is 2.16. The van der Waals surface area contributed by atoms with Crippen LogP contribution in [0, 0.1) is 6.92 Å². The summed E-state index contributed by atoms with van der Waals surface area (Å²) < 4.78 is 0. The second kappa shape index (κ2) is 7.19. The van der Waals surface area contributed by atoms with Gasteiger partial charge in [-0.3, -0.25) is 14.8 Å². The van der Waals surface area contributed by atoms with Crippen molar-refractivity contribution in [1.82, 2.24) is 20.0 Å². The predicted octanol–water partition coefficient (Wildman–Crippen LogP) is 2.93. The van der Waals surface area contributed by atoms with E-state index < -0.39 is 0 Å². The number of nitrogens with one attached hydrogen (secondary N) is 2. The van der Waals surface area contributed by atoms with E-state index in [1.807, 2.05) is 25.1 Å². The molecular weight excluding hydrogens is 346 g/mol. The summed E-state index contributed by atoms with van der Waals surface area (Å²) in [5.41, 5.74) is 2.83. The Morgan fingerprint density at radius 1 is 1.27 bits per heavy atom. The van der Waals surface area contributed by atoms with Crippen LogP contribution in [-0.2, 0) is 6.54 Å². The van der Waals surface area contributed by atoms with Crippen LogP contribution in [0.4, 0.5) is 5.69 Å². The van der Waals surface area contributed by atoms with Gasteiger partial charge in [-0.25, -0.2) is 0 Å². The number of hydrogen-bond donors (Lipinski definition) is 2. The van der Waals surface area contributed by atoms with Gasteiger partial charge in [0.05, 0.1) is 16.6 Å². The molecule has 1 amide bonds. The molecule has 4 rings (SSSR count). The number of benzene rings is 1. The molecule has 2 aromatic heterocycles. The molecule has 7 heteroatoms. The summed E-state index contributed by atoms with van der Waals surface area (Å²) in [6.45, 7) is 7.29. The van der Waals surface area contributed by atoms with Gasteiger partial charge in [0.1, 0.15) is 0 Å². The van der Waals surface area contributed by atoms with Crippen molar-refractivity contribution in [3.63, 3.8) is 0 Å². The van der Waals surface area contributed by atoms with E-state index in [2.05, 4.69) is 38.4 Å². The number of rotatable bonds is 4. The first kappa shape index (κ1) is 17.2. The summed E-state index contributed by atoms with van der Waals surface area (Å²) in [5, 5.41) is 11.0. The largest absolute Gasteiger partial charge is 0.321 e. The molecule has 1 aliphatic rings. The summed E-state index contributed by atoms with van der Waals surface area (Å²) in [6, 6.07) is 7.97. The van der Waals surface area contributed by atoms with Crippen LogP contribution in [0.15, 0.2) is 30.5 Å². The quantitative estimate of drug-likeness (QED) is 0.742. The van der Waals surface area contributed by atoms with Crippen LogP contribution in [0.25, 0.3) is 10.9 Å². The first-order valence-corrected chi connectivity index (χ1v) is 9.65. The number of carbonyl (C=O) groups excluding carboxylic acids is 1. The molecule has 3 heterocycles. The molecule has 0 saturated carbocycles. The molecule has 1 fully saturated rings. The molecule has 1 aliphatic heterocycles. The minimum Gasteiger partial charge on any atom is -0.321 e. The van der Waals surface area contributed by atoms with Gasteiger partial charge in [-0.1, -0.05) is 0 Å². The van der Waals surface area contributed by atoms with Crippen molar-refractivity contribution in [2.75, 3.05) is 38.5 Å². The van der Waals surface area contributed by atoms with E-state index in [0.29, 0.717) is 0 Å². The summed E-state index contributed by atoms with van der Waals surface area (Å²) in [7, 11) is 2.16. The molecule has 136 valence electrons. The molecular formula is C19H23N5OS. The summed E-state index contributed by atoms with van der Waals surface area (Å²) in [5.74, 6) is -0.0504. The highest BCUT2D eigenvalue weighted by Crippen LogP contribution is 2.24. The topological polar surface area (TPSA) is 64.3 Å². The minimum atomic E-state index is -0.0504. The zero-order chi connectivity index (χ0) is 18.1. The van der Waals surface area contributed by atoms with Crippen molar-refractivity contribution in [2.24, 2.45) is 0 Å². The fourth-order valence-electron chi connectivity index (χ4n) is 3.23. The number of hydrogen-bond acceptors (Lipinski definition) is 5. The SMILES string of the molecule is Cc1cc2[nH]ncc2cc1NC(=O)c1ccc(CN2CCN(C)CC2)s1. The maximum atomic E-state index is 12.6. The van der Waals surface area contributed by atoms with Crippen LogP contribution >= 0.6 is 11.3 Å². The minimum absolute atomic E-state index is 0.0504. The van der Waals surface area contributed by atoms with Gasteiger partial charge in [-0.15, -0.1) is 11.3 Å². The van der Waals surface area contributed by atoms with Crippen LogP contribution in [0.3, 0.4) is 0 Å². The summed E-state index contributed by atoms with van der Waals surface area (Å²) in [4.78, 5) is 19.4. The Bertz CT molecular complexity index is 923. The van der Waals surface area contributed by atoms with Gasteiger partial charge in [-0.05, 0) is 43.8 Å². The number of aromatic amines is 1. The zero-order valence-electron chi connectivity index (χ0n) is 15.1. The summed E-state index contributed by atoms with van der Waals surface area (Å²) >= 11 is 1.58. The average Bonchev–Trinajstić information content (AvgIpc) is 3.26. The van der Waals surface area contributed by atoms with E-state index in [-0.39, 0.29) is 5.91 Å². The molecule has 1 aromatic carbocycles. The van der Waals surface area contributed by atoms with Gasteiger partial charge >= 0.3 is 0 Å². The third kappa shape index (κ3) is 3.65. The van der Waals surface area contributed by atoms with Gasteiger partial charge in [0.2, 0.25) is 0 Å². The molecule has 2 N–H and O–H groups in total. The second-order valence-electron chi connectivity index (χ2n) is 6.92. The number of amides is 1. The maximum Gasteiger partial charge on any atom is 0.265 e. The van der Waals surface area contributed by atoms with Gasteiger partial charge in [-0.2, -0.15) is 5.10 Å². The highest BCUT2D eigenvalue weighted by molar-refractivity contribution is 7.14. The lowest BCUT2D eigenvalue weighted by Gasteiger charge is -2.31. The number of nitrogens with zero attached hydrogens (tertiary/aromatic N) is 3. The van der Waals surface area contributed by atoms with E-state index in [4.69, 9.17) is 0 Å². The molecule has 0 unspecified atom stereocenters. The standard InChI is InChI=1S/C19H23N5OS/c1-13-9-17-14(11-20-22-17)10-16(13)21-19(25)18-4-3-15(26-18)12-24-7-5-23(2)6-8-24/h3-4,9-11H,5-8,12H2,1-2H3,(H,20,22)(H,21,25). The van der Waals surface area contributed by atoms with Crippen molar-refractivity contribution in [2.45, 2.75) is 13.5 Å². The van der Waals surface area contributed by atoms with E-state index in [0.717, 1.165) is 59.8 Å². The molecule has 0 aliphatic carbocycles. The molecule has 0 radical (unpaired) electrons. The van der Waals surface area contributed by atoms with E-state index >= 15 is 0 Å². The molecule has 26 heavy (non-hydrogen) atoms. The van der Waals surface area contributed by atoms with Crippen LogP contribution in [0.2, 0.25) is 0 Å². The number of fused-ring (bicyclic) bond motifs is 1. The number of thiophene rings is 1. The second-order valence-corrected chi connectivity index (χ2v) is 8.09. The Labute approximate surface area is 156 Å². The fourth-order valence-corrected chi connectivity index (χ4v) is 4.18. The van der Waals surface area contributed by atoms with Gasteiger partial charge < -0.3 is 10.2 Å². The number of H-pyrrole nitrogens is 1. The average molecular weight is 369 g/mol. The predicted molar refractivity (Wildman–Crippen MR) is 106 cm³/mol. The molecule has 3 aromatic rings. The molecule has 1 saturated heterocycles. The van der Waals surface area contributed by atoms with E-state index in [9.17, 15) is 4.79 Å². The van der Waals surface area contributed by atoms with E-state index in [1.54, 1.807) is 17.5 Å². The smallest absolute Gasteiger partial charge is 0.265 e. The van der Waals surface area contributed by atoms with Crippen LogP contribution < -0.4 is 5.32 Å². The van der Waals surface area contributed by atoms with Crippen molar-refractivity contribution in [3.8, 4) is 0 Å². The van der Waals surface area contributed by atoms with Crippen molar-refractivity contribution in [3.05, 3.63) is 45.8 Å². The number of piperazine rings is 1. The maximum absolute atomic E-state index is 12.6. The van der Waals surface area contributed by atoms with Crippen LogP contribution in [-0.4, -0.2) is 59.1 Å². The number of anilines is 1. The zero-order valence-corrected chi connectivity index (χ0v) is 15.9. The first-order valence-electron chi connectivity index (χ1n) is 8.83. The molecule has 0 spiro atoms. The Hall–Kier alpha value is -2.22. The van der Waals surface area contributed by atoms with Crippen molar-refractivity contribution in [1.29, 1.82) is 0 Å². The first-order chi connectivity index (χ1) is 12.6. The van der Waals surface area contributed by atoms with Gasteiger partial charge in [0.25, 0.3) is 5.91 Å². The number of aromatic nitrogens is 2. The monoisotopic (exact) mass is 369 g/mol. The van der Waals surface area contributed by atoms with Crippen LogP contribution in [0.5, 0.6) is 0 Å². The Morgan fingerprint density at radius 2 is 2.08 bits per heavy atom. The Kier molecular flexibility index (Phi) is 4.76. The normalized spacial score (nSPS) is 16.2. The van der Waals surface area contributed by atoms with E-state index in [1.165, 1.54) is 4.88 Å². The highest BCUT2D eigenvalue weighted by atomic mass is 32.1. The number of likely N-dealkylation sites (N-methyl/N-ethyl adjacent to an activating group) is 1. The van der Waals surface area contributed by atoms with Gasteiger partial charge in [0, 0.05) is 48.7 Å². The van der Waals surface area contributed by atoms with Crippen molar-refractivity contribution >= 4 is 33.8 Å². The van der Waals surface area contributed by atoms with Crippen LogP contribution in [0.1, 0.15) is 20.1 Å². The summed E-state index contributed by atoms with van der Waals surface area (Å²) in [6.07, 6.45) is 1.77. The lowest BCUT2D eigenvalue weighted by molar-refractivity contribution is 0.103. The van der Waals surface area contributed by atoms with Crippen molar-refractivity contribution < 1.29 is 4.79 Å².